The Hall–Kier alpha value is -3.70. The van der Waals surface area contributed by atoms with Crippen molar-refractivity contribution in [2.45, 2.75) is 6.61 Å². The van der Waals surface area contributed by atoms with Crippen molar-refractivity contribution >= 4 is 78.9 Å². The Kier molecular flexibility index (Phi) is 7.48. The van der Waals surface area contributed by atoms with Gasteiger partial charge in [-0.15, -0.1) is 0 Å². The molecule has 190 valence electrons. The molecule has 1 aliphatic rings. The number of anilines is 1. The molecule has 0 atom stereocenters. The van der Waals surface area contributed by atoms with Crippen molar-refractivity contribution < 1.29 is 23.9 Å². The summed E-state index contributed by atoms with van der Waals surface area (Å²) in [5.74, 6) is -0.479. The van der Waals surface area contributed by atoms with Crippen molar-refractivity contribution in [1.82, 2.24) is 5.32 Å². The number of fused-ring (bicyclic) bond motifs is 1. The van der Waals surface area contributed by atoms with Crippen molar-refractivity contribution in [3.05, 3.63) is 104 Å². The monoisotopic (exact) mass is 682 g/mol. The Morgan fingerprint density at radius 3 is 2.47 bits per heavy atom. The third-order valence-electron chi connectivity index (χ3n) is 6.00. The molecule has 1 aliphatic heterocycles. The first-order valence-electron chi connectivity index (χ1n) is 11.5. The van der Waals surface area contributed by atoms with Crippen LogP contribution >= 0.6 is 38.5 Å². The highest BCUT2D eigenvalue weighted by Gasteiger charge is 2.36. The molecule has 1 fully saturated rings. The number of amides is 4. The lowest BCUT2D eigenvalue weighted by atomic mass is 10.1. The largest absolute Gasteiger partial charge is 0.493 e. The van der Waals surface area contributed by atoms with Gasteiger partial charge in [0.1, 0.15) is 12.2 Å². The van der Waals surface area contributed by atoms with Crippen molar-refractivity contribution in [2.24, 2.45) is 0 Å². The van der Waals surface area contributed by atoms with E-state index in [1.165, 1.54) is 13.2 Å². The van der Waals surface area contributed by atoms with Crippen molar-refractivity contribution in [2.75, 3.05) is 12.0 Å². The van der Waals surface area contributed by atoms with Crippen LogP contribution in [0.15, 0.2) is 88.9 Å². The molecule has 5 rings (SSSR count). The highest BCUT2D eigenvalue weighted by atomic mass is 127. The van der Waals surface area contributed by atoms with E-state index in [2.05, 4.69) is 62.0 Å². The lowest BCUT2D eigenvalue weighted by Gasteiger charge is -2.26. The van der Waals surface area contributed by atoms with Crippen LogP contribution in [0.3, 0.4) is 0 Å². The Morgan fingerprint density at radius 1 is 0.974 bits per heavy atom. The van der Waals surface area contributed by atoms with E-state index in [0.29, 0.717) is 29.4 Å². The standard InChI is InChI=1S/C29H20BrIN2O5/c1-37-25-15-17(13-23-27(34)32-29(36)33(28(23)35)21-11-9-20(30)10-12-21)14-24(31)26(25)38-16-19-7-4-6-18-5-2-3-8-22(18)19/h2-15H,16H2,1H3,(H,32,34,36)/b23-13+. The minimum Gasteiger partial charge on any atom is -0.493 e. The van der Waals surface area contributed by atoms with Crippen molar-refractivity contribution in [1.29, 1.82) is 0 Å². The van der Waals surface area contributed by atoms with Crippen LogP contribution < -0.4 is 19.7 Å². The van der Waals surface area contributed by atoms with Gasteiger partial charge < -0.3 is 9.47 Å². The number of methoxy groups -OCH3 is 1. The molecule has 4 aromatic carbocycles. The number of carbonyl (C=O) groups excluding carboxylic acids is 3. The van der Waals surface area contributed by atoms with Crippen LogP contribution in [-0.4, -0.2) is 25.0 Å². The molecule has 0 spiro atoms. The molecule has 0 bridgehead atoms. The van der Waals surface area contributed by atoms with Gasteiger partial charge in [0.2, 0.25) is 0 Å². The smallest absolute Gasteiger partial charge is 0.335 e. The topological polar surface area (TPSA) is 84.9 Å². The van der Waals surface area contributed by atoms with Gasteiger partial charge in [-0.1, -0.05) is 58.4 Å². The molecular formula is C29H20BrIN2O5. The molecule has 1 saturated heterocycles. The maximum absolute atomic E-state index is 13.2. The molecular weight excluding hydrogens is 663 g/mol. The molecule has 0 aliphatic carbocycles. The molecule has 1 N–H and O–H groups in total. The van der Waals surface area contributed by atoms with E-state index in [1.54, 1.807) is 36.4 Å². The second-order valence-electron chi connectivity index (χ2n) is 8.40. The van der Waals surface area contributed by atoms with Crippen LogP contribution in [-0.2, 0) is 16.2 Å². The minimum atomic E-state index is -0.802. The second kappa shape index (κ2) is 11.0. The number of ether oxygens (including phenoxy) is 2. The molecule has 1 heterocycles. The van der Waals surface area contributed by atoms with E-state index < -0.39 is 17.8 Å². The molecule has 38 heavy (non-hydrogen) atoms. The lowest BCUT2D eigenvalue weighted by Crippen LogP contribution is -2.54. The van der Waals surface area contributed by atoms with E-state index in [9.17, 15) is 14.4 Å². The number of nitrogens with zero attached hydrogens (tertiary/aromatic N) is 1. The Bertz CT molecular complexity index is 1610. The highest BCUT2D eigenvalue weighted by Crippen LogP contribution is 2.36. The molecule has 7 nitrogen and oxygen atoms in total. The van der Waals surface area contributed by atoms with E-state index in [4.69, 9.17) is 9.47 Å². The third kappa shape index (κ3) is 5.16. The zero-order valence-electron chi connectivity index (χ0n) is 20.0. The highest BCUT2D eigenvalue weighted by molar-refractivity contribution is 14.1. The summed E-state index contributed by atoms with van der Waals surface area (Å²) >= 11 is 5.47. The van der Waals surface area contributed by atoms with Crippen molar-refractivity contribution in [3.63, 3.8) is 0 Å². The number of nitrogens with one attached hydrogen (secondary N) is 1. The fourth-order valence-electron chi connectivity index (χ4n) is 4.18. The van der Waals surface area contributed by atoms with Crippen LogP contribution in [0, 0.1) is 3.57 Å². The van der Waals surface area contributed by atoms with Crippen molar-refractivity contribution in [3.8, 4) is 11.5 Å². The average molecular weight is 683 g/mol. The summed E-state index contributed by atoms with van der Waals surface area (Å²) in [4.78, 5) is 39.2. The zero-order chi connectivity index (χ0) is 26.8. The number of carbonyl (C=O) groups is 3. The molecule has 0 radical (unpaired) electrons. The van der Waals surface area contributed by atoms with E-state index in [-0.39, 0.29) is 5.57 Å². The number of barbiturate groups is 1. The van der Waals surface area contributed by atoms with E-state index >= 15 is 0 Å². The molecule has 0 aromatic heterocycles. The van der Waals surface area contributed by atoms with Gasteiger partial charge in [-0.25, -0.2) is 9.69 Å². The van der Waals surface area contributed by atoms with Crippen LogP contribution in [0.1, 0.15) is 11.1 Å². The van der Waals surface area contributed by atoms with Crippen LogP contribution in [0.4, 0.5) is 10.5 Å². The first kappa shape index (κ1) is 25.9. The number of hydrogen-bond donors (Lipinski definition) is 1. The number of imide groups is 2. The Labute approximate surface area is 240 Å². The van der Waals surface area contributed by atoms with Crippen LogP contribution in [0.25, 0.3) is 16.8 Å². The number of rotatable bonds is 6. The van der Waals surface area contributed by atoms with Gasteiger partial charge in [0, 0.05) is 4.47 Å². The Balaban J connectivity index is 1.44. The van der Waals surface area contributed by atoms with Gasteiger partial charge in [-0.05, 0) is 87.0 Å². The molecule has 9 heteroatoms. The molecule has 4 aromatic rings. The summed E-state index contributed by atoms with van der Waals surface area (Å²) in [5.41, 5.74) is 1.76. The van der Waals surface area contributed by atoms with Gasteiger partial charge in [0.25, 0.3) is 11.8 Å². The molecule has 0 unspecified atom stereocenters. The SMILES string of the molecule is COc1cc(/C=C2\C(=O)NC(=O)N(c3ccc(Br)cc3)C2=O)cc(I)c1OCc1cccc2ccccc12. The molecule has 4 amide bonds. The maximum Gasteiger partial charge on any atom is 0.335 e. The summed E-state index contributed by atoms with van der Waals surface area (Å²) in [5, 5.41) is 4.48. The van der Waals surface area contributed by atoms with Gasteiger partial charge >= 0.3 is 6.03 Å². The quantitative estimate of drug-likeness (QED) is 0.143. The summed E-state index contributed by atoms with van der Waals surface area (Å²) in [7, 11) is 1.53. The maximum atomic E-state index is 13.2. The van der Waals surface area contributed by atoms with Gasteiger partial charge in [-0.3, -0.25) is 14.9 Å². The summed E-state index contributed by atoms with van der Waals surface area (Å²) < 4.78 is 13.3. The van der Waals surface area contributed by atoms with E-state index in [1.807, 2.05) is 24.3 Å². The summed E-state index contributed by atoms with van der Waals surface area (Å²) in [6.07, 6.45) is 1.44. The van der Waals surface area contributed by atoms with E-state index in [0.717, 1.165) is 29.3 Å². The number of halogens is 2. The van der Waals surface area contributed by atoms with Gasteiger partial charge in [0.15, 0.2) is 11.5 Å². The first-order chi connectivity index (χ1) is 18.4. The predicted octanol–water partition coefficient (Wildman–Crippen LogP) is 6.46. The normalized spacial score (nSPS) is 14.7. The second-order valence-corrected chi connectivity index (χ2v) is 10.5. The fraction of sp³-hybridized carbons (Fsp3) is 0.0690. The number of urea groups is 1. The zero-order valence-corrected chi connectivity index (χ0v) is 23.8. The lowest BCUT2D eigenvalue weighted by molar-refractivity contribution is -0.122. The van der Waals surface area contributed by atoms with Gasteiger partial charge in [0.05, 0.1) is 16.4 Å². The van der Waals surface area contributed by atoms with Crippen LogP contribution in [0.2, 0.25) is 0 Å². The van der Waals surface area contributed by atoms with Gasteiger partial charge in [-0.2, -0.15) is 0 Å². The number of benzene rings is 4. The van der Waals surface area contributed by atoms with Crippen LogP contribution in [0.5, 0.6) is 11.5 Å². The number of hydrogen-bond acceptors (Lipinski definition) is 5. The molecule has 0 saturated carbocycles. The Morgan fingerprint density at radius 2 is 1.71 bits per heavy atom. The minimum absolute atomic E-state index is 0.171. The first-order valence-corrected chi connectivity index (χ1v) is 13.4. The average Bonchev–Trinajstić information content (AvgIpc) is 2.91. The third-order valence-corrected chi connectivity index (χ3v) is 7.33. The fourth-order valence-corrected chi connectivity index (χ4v) is 5.23. The predicted molar refractivity (Wildman–Crippen MR) is 157 cm³/mol. The summed E-state index contributed by atoms with van der Waals surface area (Å²) in [6.45, 7) is 0.333. The summed E-state index contributed by atoms with van der Waals surface area (Å²) in [6, 6.07) is 23.5.